The van der Waals surface area contributed by atoms with E-state index in [1.807, 2.05) is 27.7 Å². The third-order valence-electron chi connectivity index (χ3n) is 2.46. The number of hydrogen-bond donors (Lipinski definition) is 1. The fourth-order valence-electron chi connectivity index (χ4n) is 1.47. The first kappa shape index (κ1) is 13.8. The molecule has 0 radical (unpaired) electrons. The lowest BCUT2D eigenvalue weighted by molar-refractivity contribution is 0.373. The minimum atomic E-state index is -0.0128. The van der Waals surface area contributed by atoms with Crippen molar-refractivity contribution in [3.05, 3.63) is 23.5 Å². The van der Waals surface area contributed by atoms with E-state index in [4.69, 9.17) is 10.3 Å². The Balaban J connectivity index is 2.13. The van der Waals surface area contributed by atoms with Gasteiger partial charge in [0.2, 0.25) is 5.89 Å². The van der Waals surface area contributed by atoms with Gasteiger partial charge in [0.1, 0.15) is 5.82 Å². The average molecular weight is 279 g/mol. The molecular weight excluding hydrogens is 262 g/mol. The van der Waals surface area contributed by atoms with E-state index in [1.165, 1.54) is 11.8 Å². The van der Waals surface area contributed by atoms with Gasteiger partial charge in [-0.2, -0.15) is 4.98 Å². The summed E-state index contributed by atoms with van der Waals surface area (Å²) in [5, 5.41) is 4.56. The normalized spacial score (nSPS) is 12.9. The van der Waals surface area contributed by atoms with Gasteiger partial charge in [-0.25, -0.2) is 9.97 Å². The van der Waals surface area contributed by atoms with Crippen LogP contribution in [0.5, 0.6) is 0 Å². The van der Waals surface area contributed by atoms with Crippen molar-refractivity contribution in [2.24, 2.45) is 0 Å². The zero-order valence-corrected chi connectivity index (χ0v) is 12.2. The van der Waals surface area contributed by atoms with Crippen LogP contribution in [-0.2, 0) is 0 Å². The third-order valence-corrected chi connectivity index (χ3v) is 3.41. The number of aryl methyl sites for hydroxylation is 1. The number of rotatable bonds is 4. The van der Waals surface area contributed by atoms with Crippen LogP contribution in [0.1, 0.15) is 49.3 Å². The molecule has 19 heavy (non-hydrogen) atoms. The van der Waals surface area contributed by atoms with Crippen molar-refractivity contribution in [2.45, 2.75) is 44.0 Å². The molecule has 2 rings (SSSR count). The summed E-state index contributed by atoms with van der Waals surface area (Å²) in [7, 11) is 0. The Kier molecular flexibility index (Phi) is 4.04. The van der Waals surface area contributed by atoms with Crippen molar-refractivity contribution < 1.29 is 4.52 Å². The second-order valence-corrected chi connectivity index (χ2v) is 5.93. The number of nitrogens with zero attached hydrogens (tertiary/aromatic N) is 4. The van der Waals surface area contributed by atoms with E-state index in [2.05, 4.69) is 20.1 Å². The second kappa shape index (κ2) is 5.56. The highest BCUT2D eigenvalue weighted by Gasteiger charge is 2.18. The summed E-state index contributed by atoms with van der Waals surface area (Å²) in [5.41, 5.74) is 6.54. The van der Waals surface area contributed by atoms with Gasteiger partial charge >= 0.3 is 0 Å². The minimum Gasteiger partial charge on any atom is -0.384 e. The molecule has 0 spiro atoms. The third kappa shape index (κ3) is 3.44. The van der Waals surface area contributed by atoms with Crippen LogP contribution in [0, 0.1) is 6.92 Å². The molecule has 6 nitrogen and oxygen atoms in total. The molecule has 102 valence electrons. The van der Waals surface area contributed by atoms with Crippen LogP contribution in [0.2, 0.25) is 0 Å². The Labute approximate surface area is 116 Å². The van der Waals surface area contributed by atoms with Gasteiger partial charge in [0.15, 0.2) is 11.0 Å². The molecule has 0 saturated heterocycles. The SMILES string of the molecule is Cc1cc(N)nc(SC(C)c2nc(C(C)C)no2)n1. The highest BCUT2D eigenvalue weighted by Crippen LogP contribution is 2.32. The Morgan fingerprint density at radius 2 is 1.95 bits per heavy atom. The van der Waals surface area contributed by atoms with Crippen LogP contribution in [0.4, 0.5) is 5.82 Å². The maximum absolute atomic E-state index is 5.70. The average Bonchev–Trinajstić information content (AvgIpc) is 2.76. The van der Waals surface area contributed by atoms with Crippen LogP contribution in [0.15, 0.2) is 15.7 Å². The lowest BCUT2D eigenvalue weighted by Crippen LogP contribution is -1.98. The standard InChI is InChI=1S/C12H17N5OS/c1-6(2)10-16-11(18-17-10)8(4)19-12-14-7(3)5-9(13)15-12/h5-6,8H,1-4H3,(H2,13,14,15). The van der Waals surface area contributed by atoms with E-state index in [0.717, 1.165) is 5.69 Å². The summed E-state index contributed by atoms with van der Waals surface area (Å²) in [6, 6.07) is 1.73. The van der Waals surface area contributed by atoms with Gasteiger partial charge in [-0.3, -0.25) is 0 Å². The fourth-order valence-corrected chi connectivity index (χ4v) is 2.34. The summed E-state index contributed by atoms with van der Waals surface area (Å²) >= 11 is 1.45. The first-order valence-electron chi connectivity index (χ1n) is 6.07. The van der Waals surface area contributed by atoms with E-state index in [9.17, 15) is 0 Å². The molecule has 2 aromatic rings. The predicted octanol–water partition coefficient (Wildman–Crippen LogP) is 2.73. The molecule has 2 aromatic heterocycles. The van der Waals surface area contributed by atoms with Gasteiger partial charge in [-0.15, -0.1) is 0 Å². The van der Waals surface area contributed by atoms with Crippen molar-refractivity contribution in [3.8, 4) is 0 Å². The van der Waals surface area contributed by atoms with Gasteiger partial charge < -0.3 is 10.3 Å². The van der Waals surface area contributed by atoms with Gasteiger partial charge in [0.25, 0.3) is 0 Å². The van der Waals surface area contributed by atoms with Crippen molar-refractivity contribution in [2.75, 3.05) is 5.73 Å². The zero-order valence-electron chi connectivity index (χ0n) is 11.4. The number of hydrogen-bond acceptors (Lipinski definition) is 7. The number of aromatic nitrogens is 4. The van der Waals surface area contributed by atoms with Crippen LogP contribution < -0.4 is 5.73 Å². The molecule has 0 aliphatic carbocycles. The summed E-state index contributed by atoms with van der Waals surface area (Å²) in [6.07, 6.45) is 0. The van der Waals surface area contributed by atoms with Crippen molar-refractivity contribution in [1.82, 2.24) is 20.1 Å². The van der Waals surface area contributed by atoms with E-state index in [0.29, 0.717) is 22.7 Å². The molecule has 1 unspecified atom stereocenters. The minimum absolute atomic E-state index is 0.0128. The Morgan fingerprint density at radius 1 is 1.21 bits per heavy atom. The molecule has 0 saturated carbocycles. The van der Waals surface area contributed by atoms with E-state index in [-0.39, 0.29) is 11.2 Å². The second-order valence-electron chi connectivity index (χ2n) is 4.62. The first-order chi connectivity index (χ1) is 8.95. The van der Waals surface area contributed by atoms with Crippen LogP contribution >= 0.6 is 11.8 Å². The lowest BCUT2D eigenvalue weighted by Gasteiger charge is -2.06. The monoisotopic (exact) mass is 279 g/mol. The Morgan fingerprint density at radius 3 is 2.53 bits per heavy atom. The lowest BCUT2D eigenvalue weighted by atomic mass is 10.2. The van der Waals surface area contributed by atoms with Crippen LogP contribution in [-0.4, -0.2) is 20.1 Å². The molecular formula is C12H17N5OS. The Hall–Kier alpha value is -1.63. The van der Waals surface area contributed by atoms with Crippen LogP contribution in [0.25, 0.3) is 0 Å². The summed E-state index contributed by atoms with van der Waals surface area (Å²) in [6.45, 7) is 7.91. The van der Waals surface area contributed by atoms with E-state index >= 15 is 0 Å². The van der Waals surface area contributed by atoms with Gasteiger partial charge in [0.05, 0.1) is 5.25 Å². The largest absolute Gasteiger partial charge is 0.384 e. The number of thioether (sulfide) groups is 1. The maximum atomic E-state index is 5.70. The molecule has 7 heteroatoms. The van der Waals surface area contributed by atoms with Crippen LogP contribution in [0.3, 0.4) is 0 Å². The van der Waals surface area contributed by atoms with E-state index in [1.54, 1.807) is 6.07 Å². The summed E-state index contributed by atoms with van der Waals surface area (Å²) in [5.74, 6) is 2.01. The molecule has 0 amide bonds. The smallest absolute Gasteiger partial charge is 0.239 e. The fraction of sp³-hybridized carbons (Fsp3) is 0.500. The highest BCUT2D eigenvalue weighted by molar-refractivity contribution is 7.99. The van der Waals surface area contributed by atoms with Gasteiger partial charge in [-0.05, 0) is 13.8 Å². The predicted molar refractivity (Wildman–Crippen MR) is 73.8 cm³/mol. The van der Waals surface area contributed by atoms with Gasteiger partial charge in [-0.1, -0.05) is 30.8 Å². The molecule has 1 atom stereocenters. The molecule has 2 N–H and O–H groups in total. The van der Waals surface area contributed by atoms with Crippen molar-refractivity contribution >= 4 is 17.6 Å². The molecule has 0 aliphatic heterocycles. The first-order valence-corrected chi connectivity index (χ1v) is 6.95. The Bertz CT molecular complexity index is 549. The summed E-state index contributed by atoms with van der Waals surface area (Å²) < 4.78 is 5.25. The van der Waals surface area contributed by atoms with Gasteiger partial charge in [0, 0.05) is 17.7 Å². The number of nitrogens with two attached hydrogens (primary N) is 1. The quantitative estimate of drug-likeness (QED) is 0.679. The molecule has 0 aliphatic rings. The maximum Gasteiger partial charge on any atom is 0.239 e. The van der Waals surface area contributed by atoms with E-state index < -0.39 is 0 Å². The van der Waals surface area contributed by atoms with Crippen molar-refractivity contribution in [1.29, 1.82) is 0 Å². The molecule has 0 fully saturated rings. The topological polar surface area (TPSA) is 90.7 Å². The summed E-state index contributed by atoms with van der Waals surface area (Å²) in [4.78, 5) is 12.9. The molecule has 2 heterocycles. The molecule has 0 aromatic carbocycles. The van der Waals surface area contributed by atoms with Crippen molar-refractivity contribution in [3.63, 3.8) is 0 Å². The zero-order chi connectivity index (χ0) is 14.0. The molecule has 0 bridgehead atoms. The number of nitrogen functional groups attached to an aromatic ring is 1. The number of anilines is 1. The highest BCUT2D eigenvalue weighted by atomic mass is 32.2.